The normalized spacial score (nSPS) is 11.3. The summed E-state index contributed by atoms with van der Waals surface area (Å²) in [5.74, 6) is 0.871. The van der Waals surface area contributed by atoms with E-state index in [2.05, 4.69) is 83.6 Å². The number of nitrogens with one attached hydrogen (secondary N) is 2. The number of H-pyrrole nitrogens is 2. The summed E-state index contributed by atoms with van der Waals surface area (Å²) in [4.78, 5) is 7.04. The molecule has 0 aliphatic rings. The minimum Gasteiger partial charge on any atom is -0.497 e. The molecule has 0 spiro atoms. The van der Waals surface area contributed by atoms with Crippen LogP contribution in [-0.2, 0) is 0 Å². The standard InChI is InChI=1S/C24H20N2O/c1-15-6-8-21-18(10-15)13-23(25-21)16-4-3-5-17(11-16)24-14-19-12-20(27-2)7-9-22(19)26-24/h3-14,25-26H,1-2H3. The van der Waals surface area contributed by atoms with Gasteiger partial charge in [-0.15, -0.1) is 0 Å². The van der Waals surface area contributed by atoms with Crippen LogP contribution in [0.15, 0.2) is 72.8 Å². The van der Waals surface area contributed by atoms with E-state index in [4.69, 9.17) is 4.74 Å². The summed E-state index contributed by atoms with van der Waals surface area (Å²) in [5, 5.41) is 2.39. The Labute approximate surface area is 157 Å². The molecule has 2 aromatic heterocycles. The van der Waals surface area contributed by atoms with Crippen molar-refractivity contribution in [1.82, 2.24) is 9.97 Å². The summed E-state index contributed by atoms with van der Waals surface area (Å²) in [6.45, 7) is 2.12. The van der Waals surface area contributed by atoms with Crippen LogP contribution in [0.4, 0.5) is 0 Å². The first-order valence-corrected chi connectivity index (χ1v) is 9.06. The van der Waals surface area contributed by atoms with E-state index in [0.717, 1.165) is 33.6 Å². The van der Waals surface area contributed by atoms with Gasteiger partial charge in [-0.1, -0.05) is 29.8 Å². The maximum absolute atomic E-state index is 5.33. The van der Waals surface area contributed by atoms with Gasteiger partial charge in [-0.05, 0) is 66.6 Å². The zero-order valence-corrected chi connectivity index (χ0v) is 15.3. The Bertz CT molecular complexity index is 1280. The second-order valence-corrected chi connectivity index (χ2v) is 6.99. The van der Waals surface area contributed by atoms with Crippen molar-refractivity contribution in [1.29, 1.82) is 0 Å². The van der Waals surface area contributed by atoms with Crippen molar-refractivity contribution in [3.63, 3.8) is 0 Å². The third kappa shape index (κ3) is 2.77. The van der Waals surface area contributed by atoms with Gasteiger partial charge in [0.05, 0.1) is 7.11 Å². The van der Waals surface area contributed by atoms with E-state index < -0.39 is 0 Å². The van der Waals surface area contributed by atoms with E-state index in [1.54, 1.807) is 7.11 Å². The first-order chi connectivity index (χ1) is 13.2. The number of fused-ring (bicyclic) bond motifs is 2. The molecule has 3 nitrogen and oxygen atoms in total. The van der Waals surface area contributed by atoms with Gasteiger partial charge >= 0.3 is 0 Å². The smallest absolute Gasteiger partial charge is 0.119 e. The first-order valence-electron chi connectivity index (χ1n) is 9.06. The van der Waals surface area contributed by atoms with Crippen LogP contribution in [0.5, 0.6) is 5.75 Å². The molecule has 0 aliphatic heterocycles. The number of hydrogen-bond donors (Lipinski definition) is 2. The average Bonchev–Trinajstić information content (AvgIpc) is 3.31. The zero-order valence-electron chi connectivity index (χ0n) is 15.3. The number of hydrogen-bond acceptors (Lipinski definition) is 1. The maximum Gasteiger partial charge on any atom is 0.119 e. The Morgan fingerprint density at radius 3 is 1.96 bits per heavy atom. The van der Waals surface area contributed by atoms with Crippen LogP contribution in [0.25, 0.3) is 44.3 Å². The molecule has 0 atom stereocenters. The van der Waals surface area contributed by atoms with Gasteiger partial charge in [0.25, 0.3) is 0 Å². The summed E-state index contributed by atoms with van der Waals surface area (Å²) < 4.78 is 5.33. The van der Waals surface area contributed by atoms with E-state index in [0.29, 0.717) is 0 Å². The van der Waals surface area contributed by atoms with E-state index in [-0.39, 0.29) is 0 Å². The molecule has 0 fully saturated rings. The van der Waals surface area contributed by atoms with Gasteiger partial charge < -0.3 is 14.7 Å². The number of ether oxygens (including phenoxy) is 1. The summed E-state index contributed by atoms with van der Waals surface area (Å²) in [7, 11) is 1.69. The number of benzene rings is 3. The van der Waals surface area contributed by atoms with Crippen LogP contribution in [0.1, 0.15) is 5.56 Å². The molecule has 0 radical (unpaired) electrons. The van der Waals surface area contributed by atoms with Gasteiger partial charge in [0.1, 0.15) is 5.75 Å². The fourth-order valence-electron chi connectivity index (χ4n) is 3.66. The van der Waals surface area contributed by atoms with Crippen LogP contribution in [0.3, 0.4) is 0 Å². The number of methoxy groups -OCH3 is 1. The molecule has 2 heterocycles. The molecule has 3 aromatic carbocycles. The van der Waals surface area contributed by atoms with E-state index in [1.807, 2.05) is 6.07 Å². The second-order valence-electron chi connectivity index (χ2n) is 6.99. The van der Waals surface area contributed by atoms with Crippen molar-refractivity contribution in [3.05, 3.63) is 78.4 Å². The van der Waals surface area contributed by atoms with Crippen molar-refractivity contribution < 1.29 is 4.74 Å². The fraction of sp³-hybridized carbons (Fsp3) is 0.0833. The molecule has 0 saturated carbocycles. The highest BCUT2D eigenvalue weighted by Crippen LogP contribution is 2.31. The zero-order chi connectivity index (χ0) is 18.4. The largest absolute Gasteiger partial charge is 0.497 e. The second kappa shape index (κ2) is 6.06. The molecule has 0 aliphatic carbocycles. The average molecular weight is 352 g/mol. The lowest BCUT2D eigenvalue weighted by Crippen LogP contribution is -1.81. The summed E-state index contributed by atoms with van der Waals surface area (Å²) in [6.07, 6.45) is 0. The van der Waals surface area contributed by atoms with Crippen molar-refractivity contribution in [2.75, 3.05) is 7.11 Å². The molecule has 5 aromatic rings. The first kappa shape index (κ1) is 15.8. The number of rotatable bonds is 3. The van der Waals surface area contributed by atoms with Crippen molar-refractivity contribution in [2.24, 2.45) is 0 Å². The van der Waals surface area contributed by atoms with E-state index >= 15 is 0 Å². The van der Waals surface area contributed by atoms with Crippen molar-refractivity contribution in [3.8, 4) is 28.3 Å². The molecule has 0 amide bonds. The molecule has 132 valence electrons. The molecule has 0 saturated heterocycles. The molecular formula is C24H20N2O. The lowest BCUT2D eigenvalue weighted by Gasteiger charge is -2.02. The summed E-state index contributed by atoms with van der Waals surface area (Å²) in [5.41, 5.74) is 8.13. The van der Waals surface area contributed by atoms with Crippen molar-refractivity contribution >= 4 is 21.8 Å². The van der Waals surface area contributed by atoms with Gasteiger partial charge in [-0.2, -0.15) is 0 Å². The Kier molecular flexibility index (Phi) is 3.54. The Balaban J connectivity index is 1.58. The molecular weight excluding hydrogens is 332 g/mol. The van der Waals surface area contributed by atoms with Gasteiger partial charge in [0, 0.05) is 33.2 Å². The highest BCUT2D eigenvalue weighted by Gasteiger charge is 2.08. The number of aromatic amines is 2. The Morgan fingerprint density at radius 2 is 1.30 bits per heavy atom. The molecule has 3 heteroatoms. The van der Waals surface area contributed by atoms with Crippen LogP contribution in [0.2, 0.25) is 0 Å². The van der Waals surface area contributed by atoms with Crippen molar-refractivity contribution in [2.45, 2.75) is 6.92 Å². The topological polar surface area (TPSA) is 40.8 Å². The molecule has 27 heavy (non-hydrogen) atoms. The lowest BCUT2D eigenvalue weighted by molar-refractivity contribution is 0.415. The number of aromatic nitrogens is 2. The molecule has 0 bridgehead atoms. The Hall–Kier alpha value is -3.46. The predicted molar refractivity (Wildman–Crippen MR) is 112 cm³/mol. The van der Waals surface area contributed by atoms with Crippen LogP contribution < -0.4 is 4.74 Å². The third-order valence-electron chi connectivity index (χ3n) is 5.09. The van der Waals surface area contributed by atoms with Crippen LogP contribution >= 0.6 is 0 Å². The van der Waals surface area contributed by atoms with Crippen LogP contribution in [0, 0.1) is 6.92 Å². The highest BCUT2D eigenvalue weighted by molar-refractivity contribution is 5.89. The van der Waals surface area contributed by atoms with E-state index in [9.17, 15) is 0 Å². The van der Waals surface area contributed by atoms with Gasteiger partial charge in [-0.25, -0.2) is 0 Å². The minimum atomic E-state index is 0.871. The lowest BCUT2D eigenvalue weighted by atomic mass is 10.1. The fourth-order valence-corrected chi connectivity index (χ4v) is 3.66. The summed E-state index contributed by atoms with van der Waals surface area (Å²) >= 11 is 0. The molecule has 5 rings (SSSR count). The summed E-state index contributed by atoms with van der Waals surface area (Å²) in [6, 6.07) is 25.6. The van der Waals surface area contributed by atoms with E-state index in [1.165, 1.54) is 22.0 Å². The minimum absolute atomic E-state index is 0.871. The van der Waals surface area contributed by atoms with Gasteiger partial charge in [0.15, 0.2) is 0 Å². The SMILES string of the molecule is COc1ccc2[nH]c(-c3cccc(-c4cc5cc(C)ccc5[nH]4)c3)cc2c1. The molecule has 0 unspecified atom stereocenters. The highest BCUT2D eigenvalue weighted by atomic mass is 16.5. The maximum atomic E-state index is 5.33. The van der Waals surface area contributed by atoms with Crippen LogP contribution in [-0.4, -0.2) is 17.1 Å². The van der Waals surface area contributed by atoms with Gasteiger partial charge in [0.2, 0.25) is 0 Å². The third-order valence-corrected chi connectivity index (χ3v) is 5.09. The predicted octanol–water partition coefficient (Wildman–Crippen LogP) is 6.30. The quantitative estimate of drug-likeness (QED) is 0.393. The van der Waals surface area contributed by atoms with Gasteiger partial charge in [-0.3, -0.25) is 0 Å². The number of aryl methyl sites for hydroxylation is 1. The molecule has 2 N–H and O–H groups in total. The monoisotopic (exact) mass is 352 g/mol. The Morgan fingerprint density at radius 1 is 0.667 bits per heavy atom.